The summed E-state index contributed by atoms with van der Waals surface area (Å²) in [7, 11) is -3.43. The number of rotatable bonds is 2. The minimum atomic E-state index is -3.43. The topological polar surface area (TPSA) is 62.3 Å². The number of hydrogen-bond donors (Lipinski definition) is 1. The Morgan fingerprint density at radius 3 is 2.73 bits per heavy atom. The number of nitrogens with zero attached hydrogens (tertiary/aromatic N) is 2. The molecule has 0 radical (unpaired) electrons. The van der Waals surface area contributed by atoms with E-state index in [0.717, 1.165) is 10.8 Å². The highest BCUT2D eigenvalue weighted by molar-refractivity contribution is 7.89. The minimum Gasteiger partial charge on any atom is -0.314 e. The first-order valence-corrected chi connectivity index (χ1v) is 8.09. The first-order valence-electron chi connectivity index (χ1n) is 6.65. The molecule has 122 valence electrons. The van der Waals surface area contributed by atoms with Crippen molar-refractivity contribution in [3.05, 3.63) is 36.7 Å². The maximum atomic E-state index is 12.7. The normalized spacial score (nSPS) is 19.2. The van der Waals surface area contributed by atoms with E-state index in [1.54, 1.807) is 28.8 Å². The molecule has 5 nitrogen and oxygen atoms in total. The molecule has 2 heterocycles. The smallest absolute Gasteiger partial charge is 0.243 e. The Balaban J connectivity index is 0.00000121. The number of nitrogens with one attached hydrogen (secondary N) is 1. The number of sulfonamides is 1. The van der Waals surface area contributed by atoms with Crippen LogP contribution in [0.15, 0.2) is 41.6 Å². The van der Waals surface area contributed by atoms with Crippen LogP contribution in [0.25, 0.3) is 10.8 Å². The Labute approximate surface area is 143 Å². The Hall–Kier alpha value is -0.920. The van der Waals surface area contributed by atoms with Gasteiger partial charge in [0.25, 0.3) is 0 Å². The van der Waals surface area contributed by atoms with Crippen molar-refractivity contribution in [2.24, 2.45) is 0 Å². The molecule has 1 aromatic heterocycles. The van der Waals surface area contributed by atoms with Gasteiger partial charge in [-0.2, -0.15) is 4.31 Å². The van der Waals surface area contributed by atoms with E-state index in [1.807, 2.05) is 19.1 Å². The third-order valence-corrected chi connectivity index (χ3v) is 5.67. The number of fused-ring (bicyclic) bond motifs is 1. The molecule has 0 aliphatic carbocycles. The van der Waals surface area contributed by atoms with Gasteiger partial charge in [0.15, 0.2) is 0 Å². The monoisotopic (exact) mass is 363 g/mol. The van der Waals surface area contributed by atoms with Gasteiger partial charge < -0.3 is 5.32 Å². The van der Waals surface area contributed by atoms with Crippen LogP contribution in [0, 0.1) is 0 Å². The van der Waals surface area contributed by atoms with E-state index in [0.29, 0.717) is 24.5 Å². The molecule has 1 aliphatic rings. The third-order valence-electron chi connectivity index (χ3n) is 3.66. The molecular weight excluding hydrogens is 345 g/mol. The predicted octanol–water partition coefficient (Wildman–Crippen LogP) is 2.06. The summed E-state index contributed by atoms with van der Waals surface area (Å²) in [6.45, 7) is 3.82. The number of pyridine rings is 1. The van der Waals surface area contributed by atoms with Gasteiger partial charge in [-0.15, -0.1) is 24.8 Å². The van der Waals surface area contributed by atoms with E-state index in [4.69, 9.17) is 0 Å². The molecule has 0 amide bonds. The number of halogens is 2. The van der Waals surface area contributed by atoms with Gasteiger partial charge in [0, 0.05) is 43.5 Å². The molecule has 1 fully saturated rings. The number of piperazine rings is 1. The highest BCUT2D eigenvalue weighted by Crippen LogP contribution is 2.23. The van der Waals surface area contributed by atoms with Crippen molar-refractivity contribution in [3.63, 3.8) is 0 Å². The average molecular weight is 364 g/mol. The first kappa shape index (κ1) is 19.1. The average Bonchev–Trinajstić information content (AvgIpc) is 2.47. The summed E-state index contributed by atoms with van der Waals surface area (Å²) in [6, 6.07) is 6.99. The summed E-state index contributed by atoms with van der Waals surface area (Å²) in [5, 5.41) is 5.04. The zero-order valence-electron chi connectivity index (χ0n) is 12.1. The zero-order chi connectivity index (χ0) is 14.2. The highest BCUT2D eigenvalue weighted by Gasteiger charge is 2.30. The fourth-order valence-corrected chi connectivity index (χ4v) is 4.20. The van der Waals surface area contributed by atoms with Gasteiger partial charge in [-0.3, -0.25) is 4.98 Å². The summed E-state index contributed by atoms with van der Waals surface area (Å²) in [4.78, 5) is 4.39. The van der Waals surface area contributed by atoms with Gasteiger partial charge >= 0.3 is 0 Å². The van der Waals surface area contributed by atoms with Crippen molar-refractivity contribution < 1.29 is 8.42 Å². The summed E-state index contributed by atoms with van der Waals surface area (Å²) in [6.07, 6.45) is 3.41. The second kappa shape index (κ2) is 7.57. The van der Waals surface area contributed by atoms with Crippen molar-refractivity contribution in [1.29, 1.82) is 0 Å². The lowest BCUT2D eigenvalue weighted by Crippen LogP contribution is -2.52. The molecule has 1 atom stereocenters. The van der Waals surface area contributed by atoms with Gasteiger partial charge in [-0.1, -0.05) is 6.07 Å². The summed E-state index contributed by atoms with van der Waals surface area (Å²) in [5.41, 5.74) is 0. The molecule has 1 saturated heterocycles. The molecule has 3 rings (SSSR count). The molecule has 1 aromatic carbocycles. The summed E-state index contributed by atoms with van der Waals surface area (Å²) in [5.74, 6) is 0. The van der Waals surface area contributed by atoms with Crippen LogP contribution in [0.1, 0.15) is 6.92 Å². The summed E-state index contributed by atoms with van der Waals surface area (Å²) < 4.78 is 27.0. The SMILES string of the molecule is C[C@H]1CNCCN1S(=O)(=O)c1ccc2cnccc2c1.Cl.Cl. The lowest BCUT2D eigenvalue weighted by atomic mass is 10.2. The van der Waals surface area contributed by atoms with E-state index >= 15 is 0 Å². The second-order valence-electron chi connectivity index (χ2n) is 5.05. The van der Waals surface area contributed by atoms with Crippen LogP contribution in [-0.4, -0.2) is 43.4 Å². The largest absolute Gasteiger partial charge is 0.314 e. The zero-order valence-corrected chi connectivity index (χ0v) is 14.5. The quantitative estimate of drug-likeness (QED) is 0.886. The first-order chi connectivity index (χ1) is 9.59. The fourth-order valence-electron chi connectivity index (χ4n) is 2.54. The molecule has 22 heavy (non-hydrogen) atoms. The second-order valence-corrected chi connectivity index (χ2v) is 6.94. The number of aromatic nitrogens is 1. The van der Waals surface area contributed by atoms with Crippen molar-refractivity contribution in [2.45, 2.75) is 17.9 Å². The van der Waals surface area contributed by atoms with Gasteiger partial charge in [-0.05, 0) is 30.5 Å². The highest BCUT2D eigenvalue weighted by atomic mass is 35.5. The fraction of sp³-hybridized carbons (Fsp3) is 0.357. The Morgan fingerprint density at radius 1 is 1.23 bits per heavy atom. The van der Waals surface area contributed by atoms with Crippen LogP contribution < -0.4 is 5.32 Å². The van der Waals surface area contributed by atoms with Gasteiger partial charge in [0.05, 0.1) is 4.90 Å². The number of hydrogen-bond acceptors (Lipinski definition) is 4. The van der Waals surface area contributed by atoms with Crippen LogP contribution in [0.4, 0.5) is 0 Å². The van der Waals surface area contributed by atoms with Crippen molar-refractivity contribution in [1.82, 2.24) is 14.6 Å². The van der Waals surface area contributed by atoms with Crippen molar-refractivity contribution in [2.75, 3.05) is 19.6 Å². The van der Waals surface area contributed by atoms with E-state index in [2.05, 4.69) is 10.3 Å². The van der Waals surface area contributed by atoms with Gasteiger partial charge in [0.1, 0.15) is 0 Å². The molecule has 0 spiro atoms. The maximum Gasteiger partial charge on any atom is 0.243 e. The molecule has 1 N–H and O–H groups in total. The van der Waals surface area contributed by atoms with Crippen molar-refractivity contribution >= 4 is 45.6 Å². The van der Waals surface area contributed by atoms with E-state index < -0.39 is 10.0 Å². The predicted molar refractivity (Wildman–Crippen MR) is 92.5 cm³/mol. The van der Waals surface area contributed by atoms with E-state index in [1.165, 1.54) is 0 Å². The lowest BCUT2D eigenvalue weighted by molar-refractivity contribution is 0.284. The van der Waals surface area contributed by atoms with E-state index in [-0.39, 0.29) is 30.9 Å². The molecule has 2 aromatic rings. The molecule has 0 saturated carbocycles. The van der Waals surface area contributed by atoms with Gasteiger partial charge in [0.2, 0.25) is 10.0 Å². The maximum absolute atomic E-state index is 12.7. The van der Waals surface area contributed by atoms with Crippen LogP contribution in [0.5, 0.6) is 0 Å². The minimum absolute atomic E-state index is 0. The standard InChI is InChI=1S/C14H17N3O2S.2ClH/c1-11-9-16-6-7-17(11)20(18,19)14-3-2-13-10-15-5-4-12(13)8-14;;/h2-5,8,10-11,16H,6-7,9H2,1H3;2*1H/t11-;;/m0../s1. The molecule has 0 unspecified atom stereocenters. The Morgan fingerprint density at radius 2 is 2.00 bits per heavy atom. The third kappa shape index (κ3) is 3.52. The van der Waals surface area contributed by atoms with Crippen LogP contribution in [0.3, 0.4) is 0 Å². The van der Waals surface area contributed by atoms with Crippen LogP contribution >= 0.6 is 24.8 Å². The summed E-state index contributed by atoms with van der Waals surface area (Å²) >= 11 is 0. The molecule has 8 heteroatoms. The van der Waals surface area contributed by atoms with Crippen LogP contribution in [-0.2, 0) is 10.0 Å². The molecular formula is C14H19Cl2N3O2S. The lowest BCUT2D eigenvalue weighted by Gasteiger charge is -2.32. The van der Waals surface area contributed by atoms with Gasteiger partial charge in [-0.25, -0.2) is 8.42 Å². The Bertz CT molecular complexity index is 740. The molecule has 1 aliphatic heterocycles. The molecule has 0 bridgehead atoms. The van der Waals surface area contributed by atoms with E-state index in [9.17, 15) is 8.42 Å². The van der Waals surface area contributed by atoms with Crippen molar-refractivity contribution in [3.8, 4) is 0 Å². The number of benzene rings is 1. The Kier molecular flexibility index (Phi) is 6.58. The van der Waals surface area contributed by atoms with Crippen LogP contribution in [0.2, 0.25) is 0 Å².